The van der Waals surface area contributed by atoms with Gasteiger partial charge in [0.1, 0.15) is 6.04 Å². The van der Waals surface area contributed by atoms with Gasteiger partial charge < -0.3 is 10.4 Å². The van der Waals surface area contributed by atoms with Crippen LogP contribution in [0.1, 0.15) is 22.8 Å². The van der Waals surface area contributed by atoms with Crippen molar-refractivity contribution in [1.29, 1.82) is 0 Å². The summed E-state index contributed by atoms with van der Waals surface area (Å²) in [6.45, 7) is 1.36. The summed E-state index contributed by atoms with van der Waals surface area (Å²) >= 11 is 0. The van der Waals surface area contributed by atoms with E-state index in [1.54, 1.807) is 0 Å². The zero-order chi connectivity index (χ0) is 14.6. The Labute approximate surface area is 111 Å². The highest BCUT2D eigenvalue weighted by Gasteiger charge is 2.15. The largest absolute Gasteiger partial charge is 0.480 e. The van der Waals surface area contributed by atoms with Crippen molar-refractivity contribution in [2.75, 3.05) is 6.26 Å². The van der Waals surface area contributed by atoms with E-state index < -0.39 is 27.8 Å². The number of hydrogen-bond donors (Lipinski definition) is 2. The maximum Gasteiger partial charge on any atom is 0.325 e. The molecular formula is C12H15NO5S. The third-order valence-corrected chi connectivity index (χ3v) is 3.22. The van der Waals surface area contributed by atoms with Gasteiger partial charge in [-0.2, -0.15) is 0 Å². The molecule has 1 rings (SSSR count). The molecule has 0 fully saturated rings. The molecule has 1 atom stereocenters. The Bertz CT molecular complexity index is 577. The van der Waals surface area contributed by atoms with E-state index in [1.807, 2.05) is 0 Å². The number of hydrogen-bond acceptors (Lipinski definition) is 4. The SMILES string of the molecule is C[C@H](NC(=O)c1ccc(CS(C)(=O)=O)cc1)C(=O)O. The van der Waals surface area contributed by atoms with E-state index in [-0.39, 0.29) is 11.3 Å². The Morgan fingerprint density at radius 3 is 2.21 bits per heavy atom. The molecule has 0 spiro atoms. The minimum Gasteiger partial charge on any atom is -0.480 e. The predicted octanol–water partition coefficient (Wildman–Crippen LogP) is 0.434. The molecule has 0 aliphatic rings. The predicted molar refractivity (Wildman–Crippen MR) is 69.6 cm³/mol. The third-order valence-electron chi connectivity index (χ3n) is 2.36. The van der Waals surface area contributed by atoms with E-state index in [2.05, 4.69) is 5.32 Å². The van der Waals surface area contributed by atoms with Crippen LogP contribution in [-0.4, -0.2) is 37.7 Å². The molecule has 0 bridgehead atoms. The van der Waals surface area contributed by atoms with Gasteiger partial charge in [0.25, 0.3) is 5.91 Å². The van der Waals surface area contributed by atoms with Crippen LogP contribution in [0, 0.1) is 0 Å². The molecule has 7 heteroatoms. The number of rotatable bonds is 5. The van der Waals surface area contributed by atoms with Crippen LogP contribution in [0.2, 0.25) is 0 Å². The summed E-state index contributed by atoms with van der Waals surface area (Å²) in [5.74, 6) is -1.73. The number of nitrogens with one attached hydrogen (secondary N) is 1. The Hall–Kier alpha value is -1.89. The van der Waals surface area contributed by atoms with Gasteiger partial charge in [-0.3, -0.25) is 9.59 Å². The smallest absolute Gasteiger partial charge is 0.325 e. The summed E-state index contributed by atoms with van der Waals surface area (Å²) < 4.78 is 22.2. The van der Waals surface area contributed by atoms with Gasteiger partial charge in [-0.05, 0) is 24.6 Å². The number of sulfone groups is 1. The number of benzene rings is 1. The Balaban J connectivity index is 2.76. The monoisotopic (exact) mass is 285 g/mol. The highest BCUT2D eigenvalue weighted by molar-refractivity contribution is 7.89. The van der Waals surface area contributed by atoms with Crippen LogP contribution in [0.25, 0.3) is 0 Å². The molecule has 19 heavy (non-hydrogen) atoms. The van der Waals surface area contributed by atoms with Crippen molar-refractivity contribution in [3.63, 3.8) is 0 Å². The fourth-order valence-corrected chi connectivity index (χ4v) is 2.19. The molecule has 6 nitrogen and oxygen atoms in total. The maximum absolute atomic E-state index is 11.7. The van der Waals surface area contributed by atoms with Crippen molar-refractivity contribution in [2.24, 2.45) is 0 Å². The highest BCUT2D eigenvalue weighted by atomic mass is 32.2. The summed E-state index contributed by atoms with van der Waals surface area (Å²) in [4.78, 5) is 22.3. The van der Waals surface area contributed by atoms with Crippen LogP contribution in [-0.2, 0) is 20.4 Å². The van der Waals surface area contributed by atoms with Crippen molar-refractivity contribution in [1.82, 2.24) is 5.32 Å². The lowest BCUT2D eigenvalue weighted by Gasteiger charge is -2.09. The Morgan fingerprint density at radius 2 is 1.79 bits per heavy atom. The number of carboxylic acid groups (broad SMARTS) is 1. The van der Waals surface area contributed by atoms with Crippen molar-refractivity contribution < 1.29 is 23.1 Å². The van der Waals surface area contributed by atoms with Crippen LogP contribution in [0.15, 0.2) is 24.3 Å². The zero-order valence-corrected chi connectivity index (χ0v) is 11.4. The second kappa shape index (κ2) is 5.83. The highest BCUT2D eigenvalue weighted by Crippen LogP contribution is 2.08. The second-order valence-electron chi connectivity index (χ2n) is 4.30. The molecule has 0 aliphatic carbocycles. The van der Waals surface area contributed by atoms with E-state index in [1.165, 1.54) is 31.2 Å². The van der Waals surface area contributed by atoms with Gasteiger partial charge in [-0.15, -0.1) is 0 Å². The molecule has 1 aromatic rings. The maximum atomic E-state index is 11.7. The Morgan fingerprint density at radius 1 is 1.26 bits per heavy atom. The van der Waals surface area contributed by atoms with Gasteiger partial charge in [0, 0.05) is 11.8 Å². The molecule has 0 aliphatic heterocycles. The first-order valence-electron chi connectivity index (χ1n) is 5.49. The van der Waals surface area contributed by atoms with Crippen molar-refractivity contribution >= 4 is 21.7 Å². The fourth-order valence-electron chi connectivity index (χ4n) is 1.40. The molecule has 1 aromatic carbocycles. The molecule has 0 heterocycles. The molecule has 0 radical (unpaired) electrons. The molecular weight excluding hydrogens is 270 g/mol. The first-order valence-corrected chi connectivity index (χ1v) is 7.55. The van der Waals surface area contributed by atoms with Crippen LogP contribution in [0.5, 0.6) is 0 Å². The summed E-state index contributed by atoms with van der Waals surface area (Å²) in [5.41, 5.74) is 0.857. The van der Waals surface area contributed by atoms with E-state index in [4.69, 9.17) is 5.11 Å². The zero-order valence-electron chi connectivity index (χ0n) is 10.6. The van der Waals surface area contributed by atoms with E-state index in [0.717, 1.165) is 6.26 Å². The Kier molecular flexibility index (Phi) is 4.66. The van der Waals surface area contributed by atoms with Gasteiger partial charge in [0.2, 0.25) is 0 Å². The van der Waals surface area contributed by atoms with Gasteiger partial charge in [-0.25, -0.2) is 8.42 Å². The standard InChI is InChI=1S/C12H15NO5S/c1-8(12(15)16)13-11(14)10-5-3-9(4-6-10)7-19(2,17)18/h3-6,8H,7H2,1-2H3,(H,13,14)(H,15,16)/t8-/m0/s1. The first-order chi connectivity index (χ1) is 8.69. The molecule has 1 amide bonds. The lowest BCUT2D eigenvalue weighted by molar-refractivity contribution is -0.138. The average Bonchev–Trinajstić information content (AvgIpc) is 2.27. The lowest BCUT2D eigenvalue weighted by atomic mass is 10.1. The minimum atomic E-state index is -3.12. The van der Waals surface area contributed by atoms with Crippen LogP contribution >= 0.6 is 0 Å². The quantitative estimate of drug-likeness (QED) is 0.817. The normalized spacial score (nSPS) is 12.7. The topological polar surface area (TPSA) is 101 Å². The molecule has 0 unspecified atom stereocenters. The summed E-state index contributed by atoms with van der Waals surface area (Å²) in [6.07, 6.45) is 1.13. The lowest BCUT2D eigenvalue weighted by Crippen LogP contribution is -2.38. The van der Waals surface area contributed by atoms with Gasteiger partial charge >= 0.3 is 5.97 Å². The van der Waals surface area contributed by atoms with Crippen LogP contribution < -0.4 is 5.32 Å². The average molecular weight is 285 g/mol. The minimum absolute atomic E-state index is 0.0968. The van der Waals surface area contributed by atoms with Crippen LogP contribution in [0.3, 0.4) is 0 Å². The van der Waals surface area contributed by atoms with Gasteiger partial charge in [0.15, 0.2) is 9.84 Å². The molecule has 0 aromatic heterocycles. The van der Waals surface area contributed by atoms with Gasteiger partial charge in [-0.1, -0.05) is 12.1 Å². The van der Waals surface area contributed by atoms with Crippen molar-refractivity contribution in [2.45, 2.75) is 18.7 Å². The van der Waals surface area contributed by atoms with Crippen LogP contribution in [0.4, 0.5) is 0 Å². The summed E-state index contributed by atoms with van der Waals surface area (Å²) in [5, 5.41) is 11.0. The second-order valence-corrected chi connectivity index (χ2v) is 6.44. The third kappa shape index (κ3) is 5.09. The number of carbonyl (C=O) groups is 2. The first kappa shape index (κ1) is 15.2. The number of carboxylic acids is 1. The molecule has 0 saturated heterocycles. The molecule has 2 N–H and O–H groups in total. The fraction of sp³-hybridized carbons (Fsp3) is 0.333. The van der Waals surface area contributed by atoms with E-state index in [9.17, 15) is 18.0 Å². The summed E-state index contributed by atoms with van der Waals surface area (Å²) in [6, 6.07) is 5.00. The van der Waals surface area contributed by atoms with Crippen molar-refractivity contribution in [3.8, 4) is 0 Å². The number of aliphatic carboxylic acids is 1. The molecule has 0 saturated carbocycles. The molecule has 104 valence electrons. The van der Waals surface area contributed by atoms with Gasteiger partial charge in [0.05, 0.1) is 5.75 Å². The van der Waals surface area contributed by atoms with E-state index in [0.29, 0.717) is 5.56 Å². The van der Waals surface area contributed by atoms with E-state index >= 15 is 0 Å². The summed E-state index contributed by atoms with van der Waals surface area (Å²) in [7, 11) is -3.12. The number of amides is 1. The number of carbonyl (C=O) groups excluding carboxylic acids is 1. The van der Waals surface area contributed by atoms with Crippen molar-refractivity contribution in [3.05, 3.63) is 35.4 Å².